The predicted octanol–water partition coefficient (Wildman–Crippen LogP) is 1.24. The third-order valence-electron chi connectivity index (χ3n) is 4.83. The molecule has 2 unspecified atom stereocenters. The molecule has 0 saturated carbocycles. The fourth-order valence-electron chi connectivity index (χ4n) is 3.73. The van der Waals surface area contributed by atoms with Crippen LogP contribution < -0.4 is 5.32 Å². The highest BCUT2D eigenvalue weighted by atomic mass is 16.5. The highest BCUT2D eigenvalue weighted by molar-refractivity contribution is 5.48. The maximum atomic E-state index is 5.99. The molecule has 3 aliphatic rings. The summed E-state index contributed by atoms with van der Waals surface area (Å²) >= 11 is 0. The summed E-state index contributed by atoms with van der Waals surface area (Å²) in [6.07, 6.45) is 8.02. The molecule has 0 bridgehead atoms. The van der Waals surface area contributed by atoms with E-state index in [2.05, 4.69) is 20.2 Å². The molecule has 1 aromatic rings. The maximum absolute atomic E-state index is 5.99. The van der Waals surface area contributed by atoms with Crippen LogP contribution in [0.4, 0.5) is 5.82 Å². The van der Waals surface area contributed by atoms with Gasteiger partial charge in [0.2, 0.25) is 0 Å². The Kier molecular flexibility index (Phi) is 3.32. The lowest BCUT2D eigenvalue weighted by Crippen LogP contribution is -2.48. The summed E-state index contributed by atoms with van der Waals surface area (Å²) in [5.41, 5.74) is 2.55. The molecule has 3 heterocycles. The lowest BCUT2D eigenvalue weighted by Gasteiger charge is -2.35. The molecular weight excluding hydrogens is 252 g/mol. The summed E-state index contributed by atoms with van der Waals surface area (Å²) < 4.78 is 5.99. The zero-order valence-electron chi connectivity index (χ0n) is 11.8. The second kappa shape index (κ2) is 5.30. The van der Waals surface area contributed by atoms with E-state index in [0.717, 1.165) is 38.4 Å². The van der Waals surface area contributed by atoms with Gasteiger partial charge in [-0.15, -0.1) is 0 Å². The summed E-state index contributed by atoms with van der Waals surface area (Å²) in [6, 6.07) is 0.676. The quantitative estimate of drug-likeness (QED) is 0.898. The topological polar surface area (TPSA) is 50.3 Å². The Morgan fingerprint density at radius 1 is 1.30 bits per heavy atom. The van der Waals surface area contributed by atoms with Gasteiger partial charge in [0.05, 0.1) is 12.7 Å². The number of aromatic nitrogens is 2. The van der Waals surface area contributed by atoms with E-state index in [0.29, 0.717) is 6.04 Å². The Bertz CT molecular complexity index is 493. The van der Waals surface area contributed by atoms with E-state index >= 15 is 0 Å². The van der Waals surface area contributed by atoms with Gasteiger partial charge in [0.1, 0.15) is 12.1 Å². The van der Waals surface area contributed by atoms with E-state index in [-0.39, 0.29) is 6.10 Å². The molecule has 1 N–H and O–H groups in total. The van der Waals surface area contributed by atoms with Crippen LogP contribution >= 0.6 is 0 Å². The fourth-order valence-corrected chi connectivity index (χ4v) is 3.73. The van der Waals surface area contributed by atoms with Gasteiger partial charge in [-0.3, -0.25) is 4.90 Å². The van der Waals surface area contributed by atoms with Gasteiger partial charge in [-0.1, -0.05) is 0 Å². The van der Waals surface area contributed by atoms with Crippen LogP contribution in [0.2, 0.25) is 0 Å². The number of aryl methyl sites for hydroxylation is 1. The first-order valence-corrected chi connectivity index (χ1v) is 7.82. The normalized spacial score (nSPS) is 29.2. The van der Waals surface area contributed by atoms with Gasteiger partial charge in [-0.05, 0) is 38.6 Å². The van der Waals surface area contributed by atoms with E-state index in [4.69, 9.17) is 4.74 Å². The molecule has 0 amide bonds. The van der Waals surface area contributed by atoms with Crippen molar-refractivity contribution in [3.63, 3.8) is 0 Å². The summed E-state index contributed by atoms with van der Waals surface area (Å²) in [5.74, 6) is 1.03. The minimum atomic E-state index is 0.288. The highest BCUT2D eigenvalue weighted by Crippen LogP contribution is 2.26. The number of hydrogen-bond donors (Lipinski definition) is 1. The lowest BCUT2D eigenvalue weighted by molar-refractivity contribution is -0.0416. The molecule has 5 heteroatoms. The van der Waals surface area contributed by atoms with Crippen molar-refractivity contribution in [3.05, 3.63) is 17.6 Å². The average Bonchev–Trinajstić information content (AvgIpc) is 3.13. The van der Waals surface area contributed by atoms with Crippen molar-refractivity contribution >= 4 is 5.82 Å². The molecule has 2 fully saturated rings. The summed E-state index contributed by atoms with van der Waals surface area (Å²) in [6.45, 7) is 4.05. The average molecular weight is 274 g/mol. The van der Waals surface area contributed by atoms with Gasteiger partial charge in [-0.2, -0.15) is 0 Å². The van der Waals surface area contributed by atoms with Gasteiger partial charge in [0.25, 0.3) is 0 Å². The maximum Gasteiger partial charge on any atom is 0.132 e. The molecular formula is C15H22N4O. The molecule has 2 aliphatic heterocycles. The number of morpholine rings is 1. The third kappa shape index (κ3) is 2.29. The number of fused-ring (bicyclic) bond motifs is 2. The molecule has 20 heavy (non-hydrogen) atoms. The van der Waals surface area contributed by atoms with Crippen molar-refractivity contribution < 1.29 is 4.74 Å². The molecule has 0 aromatic carbocycles. The third-order valence-corrected chi connectivity index (χ3v) is 4.83. The van der Waals surface area contributed by atoms with E-state index in [1.54, 1.807) is 6.33 Å². The van der Waals surface area contributed by atoms with Gasteiger partial charge in [0, 0.05) is 30.4 Å². The zero-order chi connectivity index (χ0) is 13.4. The summed E-state index contributed by atoms with van der Waals surface area (Å²) in [4.78, 5) is 11.4. The highest BCUT2D eigenvalue weighted by Gasteiger charge is 2.32. The first-order valence-electron chi connectivity index (χ1n) is 7.82. The van der Waals surface area contributed by atoms with Crippen molar-refractivity contribution in [2.24, 2.45) is 0 Å². The first-order chi connectivity index (χ1) is 9.90. The number of hydrogen-bond acceptors (Lipinski definition) is 5. The van der Waals surface area contributed by atoms with Crippen molar-refractivity contribution in [1.82, 2.24) is 14.9 Å². The van der Waals surface area contributed by atoms with Gasteiger partial charge in [0.15, 0.2) is 0 Å². The second-order valence-electron chi connectivity index (χ2n) is 6.13. The van der Waals surface area contributed by atoms with E-state index in [1.165, 1.54) is 37.1 Å². The molecule has 108 valence electrons. The van der Waals surface area contributed by atoms with E-state index in [1.807, 2.05) is 0 Å². The second-order valence-corrected chi connectivity index (χ2v) is 6.13. The Balaban J connectivity index is 1.38. The number of anilines is 1. The van der Waals surface area contributed by atoms with Gasteiger partial charge in [-0.25, -0.2) is 9.97 Å². The zero-order valence-corrected chi connectivity index (χ0v) is 11.8. The molecule has 4 rings (SSSR count). The van der Waals surface area contributed by atoms with Gasteiger partial charge < -0.3 is 10.1 Å². The van der Waals surface area contributed by atoms with E-state index < -0.39 is 0 Å². The molecule has 2 saturated heterocycles. The van der Waals surface area contributed by atoms with Gasteiger partial charge >= 0.3 is 0 Å². The van der Waals surface area contributed by atoms with E-state index in [9.17, 15) is 0 Å². The smallest absolute Gasteiger partial charge is 0.132 e. The van der Waals surface area contributed by atoms with Crippen LogP contribution in [0.15, 0.2) is 6.33 Å². The fraction of sp³-hybridized carbons (Fsp3) is 0.733. The first kappa shape index (κ1) is 12.5. The largest absolute Gasteiger partial charge is 0.373 e. The Morgan fingerprint density at radius 3 is 3.30 bits per heavy atom. The van der Waals surface area contributed by atoms with Crippen molar-refractivity contribution in [1.29, 1.82) is 0 Å². The number of nitrogens with one attached hydrogen (secondary N) is 1. The number of ether oxygens (including phenoxy) is 1. The minimum absolute atomic E-state index is 0.288. The molecule has 2 atom stereocenters. The standard InChI is InChI=1S/C15H22N4O/c1-4-13-14(5-1)17-10-18-15(13)16-7-12-8-19-6-2-3-11(19)9-20-12/h10-12H,1-9H2,(H,16,17,18). The predicted molar refractivity (Wildman–Crippen MR) is 76.9 cm³/mol. The van der Waals surface area contributed by atoms with Crippen LogP contribution in [0.25, 0.3) is 0 Å². The summed E-state index contributed by atoms with van der Waals surface area (Å²) in [5, 5.41) is 3.49. The van der Waals surface area contributed by atoms with Crippen molar-refractivity contribution in [3.8, 4) is 0 Å². The Morgan fingerprint density at radius 2 is 2.30 bits per heavy atom. The van der Waals surface area contributed by atoms with Crippen LogP contribution in [0.3, 0.4) is 0 Å². The van der Waals surface area contributed by atoms with Crippen LogP contribution in [0.1, 0.15) is 30.5 Å². The monoisotopic (exact) mass is 274 g/mol. The molecule has 0 spiro atoms. The van der Waals surface area contributed by atoms with Crippen LogP contribution in [-0.4, -0.2) is 53.3 Å². The Labute approximate surface area is 119 Å². The number of nitrogens with zero attached hydrogens (tertiary/aromatic N) is 3. The van der Waals surface area contributed by atoms with Crippen LogP contribution in [0, 0.1) is 0 Å². The van der Waals surface area contributed by atoms with Crippen LogP contribution in [0.5, 0.6) is 0 Å². The minimum Gasteiger partial charge on any atom is -0.373 e. The number of rotatable bonds is 3. The van der Waals surface area contributed by atoms with Crippen molar-refractivity contribution in [2.75, 3.05) is 31.6 Å². The molecule has 0 radical (unpaired) electrons. The SMILES string of the molecule is c1nc2c(c(NCC3CN4CCCC4CO3)n1)CCC2. The lowest BCUT2D eigenvalue weighted by atomic mass is 10.2. The molecule has 1 aliphatic carbocycles. The van der Waals surface area contributed by atoms with Crippen LogP contribution in [-0.2, 0) is 17.6 Å². The summed E-state index contributed by atoms with van der Waals surface area (Å²) in [7, 11) is 0. The molecule has 1 aromatic heterocycles. The Hall–Kier alpha value is -1.20. The molecule has 5 nitrogen and oxygen atoms in total. The van der Waals surface area contributed by atoms with Crippen molar-refractivity contribution in [2.45, 2.75) is 44.2 Å².